The SMILES string of the molecule is CCc1nc2cc(Cl)cc(Cc3ccc(N4CCN(C)CC4)cc3)n2c1C(N)=O. The van der Waals surface area contributed by atoms with E-state index in [1.54, 1.807) is 6.07 Å². The van der Waals surface area contributed by atoms with Crippen LogP contribution in [0.2, 0.25) is 5.02 Å². The van der Waals surface area contributed by atoms with Gasteiger partial charge in [0.05, 0.1) is 5.69 Å². The first-order chi connectivity index (χ1) is 14.0. The quantitative estimate of drug-likeness (QED) is 0.700. The lowest BCUT2D eigenvalue weighted by atomic mass is 10.1. The second-order valence-electron chi connectivity index (χ2n) is 7.62. The number of pyridine rings is 1. The first kappa shape index (κ1) is 19.7. The van der Waals surface area contributed by atoms with Crippen molar-refractivity contribution in [2.75, 3.05) is 38.1 Å². The van der Waals surface area contributed by atoms with Crippen LogP contribution in [0.5, 0.6) is 0 Å². The van der Waals surface area contributed by atoms with Gasteiger partial charge in [-0.25, -0.2) is 4.98 Å². The largest absolute Gasteiger partial charge is 0.369 e. The number of anilines is 1. The highest BCUT2D eigenvalue weighted by atomic mass is 35.5. The van der Waals surface area contributed by atoms with Gasteiger partial charge in [-0.05, 0) is 37.2 Å². The summed E-state index contributed by atoms with van der Waals surface area (Å²) in [6.45, 7) is 6.22. The average Bonchev–Trinajstić information content (AvgIpc) is 3.08. The van der Waals surface area contributed by atoms with Crippen molar-refractivity contribution < 1.29 is 4.79 Å². The number of piperazine rings is 1. The molecule has 3 heterocycles. The molecule has 7 heteroatoms. The Morgan fingerprint density at radius 1 is 1.14 bits per heavy atom. The van der Waals surface area contributed by atoms with Crippen LogP contribution in [0.25, 0.3) is 5.65 Å². The maximum Gasteiger partial charge on any atom is 0.267 e. The van der Waals surface area contributed by atoms with Crippen molar-refractivity contribution in [1.29, 1.82) is 0 Å². The highest BCUT2D eigenvalue weighted by molar-refractivity contribution is 6.31. The average molecular weight is 412 g/mol. The molecule has 0 spiro atoms. The van der Waals surface area contributed by atoms with Gasteiger partial charge >= 0.3 is 0 Å². The Labute approximate surface area is 175 Å². The minimum Gasteiger partial charge on any atom is -0.369 e. The lowest BCUT2D eigenvalue weighted by Crippen LogP contribution is -2.44. The molecule has 1 aliphatic heterocycles. The molecule has 0 unspecified atom stereocenters. The lowest BCUT2D eigenvalue weighted by Gasteiger charge is -2.34. The molecule has 1 fully saturated rings. The molecule has 1 amide bonds. The minimum atomic E-state index is -0.469. The molecular weight excluding hydrogens is 386 g/mol. The predicted octanol–water partition coefficient (Wildman–Crippen LogP) is 2.99. The van der Waals surface area contributed by atoms with Crippen LogP contribution in [-0.4, -0.2) is 53.4 Å². The third-order valence-corrected chi connectivity index (χ3v) is 5.81. The molecule has 1 saturated heterocycles. The number of likely N-dealkylation sites (N-methyl/N-ethyl adjacent to an activating group) is 1. The molecule has 0 atom stereocenters. The Morgan fingerprint density at radius 3 is 2.45 bits per heavy atom. The summed E-state index contributed by atoms with van der Waals surface area (Å²) in [7, 11) is 2.16. The van der Waals surface area contributed by atoms with Crippen molar-refractivity contribution in [2.45, 2.75) is 19.8 Å². The molecule has 1 aromatic carbocycles. The highest BCUT2D eigenvalue weighted by Crippen LogP contribution is 2.24. The number of halogens is 1. The summed E-state index contributed by atoms with van der Waals surface area (Å²) in [5.74, 6) is -0.469. The minimum absolute atomic E-state index is 0.447. The first-order valence-corrected chi connectivity index (χ1v) is 10.4. The number of rotatable bonds is 5. The Morgan fingerprint density at radius 2 is 1.83 bits per heavy atom. The summed E-state index contributed by atoms with van der Waals surface area (Å²) < 4.78 is 1.85. The van der Waals surface area contributed by atoms with E-state index in [1.165, 1.54) is 5.69 Å². The van der Waals surface area contributed by atoms with E-state index in [0.717, 1.165) is 37.4 Å². The summed E-state index contributed by atoms with van der Waals surface area (Å²) in [5, 5.41) is 0.602. The monoisotopic (exact) mass is 411 g/mol. The maximum atomic E-state index is 12.1. The van der Waals surface area contributed by atoms with Gasteiger partial charge in [0.2, 0.25) is 0 Å². The molecule has 4 rings (SSSR count). The second-order valence-corrected chi connectivity index (χ2v) is 8.05. The van der Waals surface area contributed by atoms with Gasteiger partial charge in [0, 0.05) is 55.1 Å². The van der Waals surface area contributed by atoms with E-state index in [4.69, 9.17) is 17.3 Å². The lowest BCUT2D eigenvalue weighted by molar-refractivity contribution is 0.0993. The van der Waals surface area contributed by atoms with Gasteiger partial charge in [-0.3, -0.25) is 9.20 Å². The molecule has 29 heavy (non-hydrogen) atoms. The van der Waals surface area contributed by atoms with Crippen LogP contribution in [0.3, 0.4) is 0 Å². The number of primary amides is 1. The summed E-state index contributed by atoms with van der Waals surface area (Å²) in [6.07, 6.45) is 1.27. The molecule has 0 bridgehead atoms. The number of hydrogen-bond donors (Lipinski definition) is 1. The van der Waals surface area contributed by atoms with Crippen molar-refractivity contribution in [1.82, 2.24) is 14.3 Å². The molecule has 152 valence electrons. The van der Waals surface area contributed by atoms with Gasteiger partial charge in [-0.15, -0.1) is 0 Å². The van der Waals surface area contributed by atoms with E-state index < -0.39 is 5.91 Å². The first-order valence-electron chi connectivity index (χ1n) is 9.98. The summed E-state index contributed by atoms with van der Waals surface area (Å²) in [6, 6.07) is 12.3. The van der Waals surface area contributed by atoms with E-state index in [0.29, 0.717) is 34.9 Å². The fourth-order valence-electron chi connectivity index (χ4n) is 3.99. The number of nitrogens with two attached hydrogens (primary N) is 1. The van der Waals surface area contributed by atoms with E-state index in [2.05, 4.69) is 46.1 Å². The maximum absolute atomic E-state index is 12.1. The summed E-state index contributed by atoms with van der Waals surface area (Å²) in [4.78, 5) is 21.4. The molecular formula is C22H26ClN5O. The molecule has 2 N–H and O–H groups in total. The normalized spacial score (nSPS) is 15.2. The number of aromatic nitrogens is 2. The number of carbonyl (C=O) groups excluding carboxylic acids is 1. The third kappa shape index (κ3) is 3.95. The van der Waals surface area contributed by atoms with Crippen LogP contribution in [0.15, 0.2) is 36.4 Å². The van der Waals surface area contributed by atoms with Crippen molar-refractivity contribution in [2.24, 2.45) is 5.73 Å². The van der Waals surface area contributed by atoms with Crippen LogP contribution in [0.4, 0.5) is 5.69 Å². The van der Waals surface area contributed by atoms with E-state index in [9.17, 15) is 4.79 Å². The molecule has 0 radical (unpaired) electrons. The zero-order chi connectivity index (χ0) is 20.5. The molecule has 0 saturated carbocycles. The Kier molecular flexibility index (Phi) is 5.48. The molecule has 2 aromatic heterocycles. The smallest absolute Gasteiger partial charge is 0.267 e. The molecule has 0 aliphatic carbocycles. The van der Waals surface area contributed by atoms with Gasteiger partial charge in [0.25, 0.3) is 5.91 Å². The Hall–Kier alpha value is -2.57. The Bertz CT molecular complexity index is 1040. The number of benzene rings is 1. The number of imidazole rings is 1. The van der Waals surface area contributed by atoms with Crippen molar-refractivity contribution in [3.8, 4) is 0 Å². The molecule has 1 aliphatic rings. The van der Waals surface area contributed by atoms with Gasteiger partial charge < -0.3 is 15.5 Å². The number of amides is 1. The van der Waals surface area contributed by atoms with Crippen LogP contribution in [0, 0.1) is 0 Å². The predicted molar refractivity (Wildman–Crippen MR) is 117 cm³/mol. The zero-order valence-corrected chi connectivity index (χ0v) is 17.6. The van der Waals surface area contributed by atoms with Crippen LogP contribution >= 0.6 is 11.6 Å². The van der Waals surface area contributed by atoms with E-state index in [-0.39, 0.29) is 0 Å². The Balaban J connectivity index is 1.65. The molecule has 3 aromatic rings. The second kappa shape index (κ2) is 8.05. The zero-order valence-electron chi connectivity index (χ0n) is 16.9. The number of carbonyl (C=O) groups is 1. The standard InChI is InChI=1S/C22H26ClN5O/c1-3-19-21(22(24)29)28-18(13-16(23)14-20(28)25-19)12-15-4-6-17(7-5-15)27-10-8-26(2)9-11-27/h4-7,13-14H,3,8-12H2,1-2H3,(H2,24,29). The van der Waals surface area contributed by atoms with Gasteiger partial charge in [0.15, 0.2) is 0 Å². The van der Waals surface area contributed by atoms with Crippen LogP contribution in [-0.2, 0) is 12.8 Å². The summed E-state index contributed by atoms with van der Waals surface area (Å²) >= 11 is 6.33. The topological polar surface area (TPSA) is 66.9 Å². The van der Waals surface area contributed by atoms with Crippen molar-refractivity contribution in [3.05, 3.63) is 64.1 Å². The number of fused-ring (bicyclic) bond motifs is 1. The number of hydrogen-bond acceptors (Lipinski definition) is 4. The number of nitrogens with zero attached hydrogens (tertiary/aromatic N) is 4. The van der Waals surface area contributed by atoms with Gasteiger partial charge in [0.1, 0.15) is 11.3 Å². The van der Waals surface area contributed by atoms with Crippen LogP contribution in [0.1, 0.15) is 34.4 Å². The fourth-order valence-corrected chi connectivity index (χ4v) is 4.21. The van der Waals surface area contributed by atoms with Gasteiger partial charge in [-0.1, -0.05) is 30.7 Å². The van der Waals surface area contributed by atoms with Crippen molar-refractivity contribution >= 4 is 28.8 Å². The van der Waals surface area contributed by atoms with Crippen LogP contribution < -0.4 is 10.6 Å². The molecule has 6 nitrogen and oxygen atoms in total. The fraction of sp³-hybridized carbons (Fsp3) is 0.364. The third-order valence-electron chi connectivity index (χ3n) is 5.59. The number of aryl methyl sites for hydroxylation is 1. The van der Waals surface area contributed by atoms with E-state index in [1.807, 2.05) is 17.4 Å². The van der Waals surface area contributed by atoms with E-state index >= 15 is 0 Å². The highest BCUT2D eigenvalue weighted by Gasteiger charge is 2.19. The summed E-state index contributed by atoms with van der Waals surface area (Å²) in [5.41, 5.74) is 10.8. The van der Waals surface area contributed by atoms with Crippen molar-refractivity contribution in [3.63, 3.8) is 0 Å². The van der Waals surface area contributed by atoms with Gasteiger partial charge in [-0.2, -0.15) is 0 Å².